The lowest BCUT2D eigenvalue weighted by atomic mass is 10.1. The zero-order valence-corrected chi connectivity index (χ0v) is 15.2. The molecule has 0 aliphatic heterocycles. The van der Waals surface area contributed by atoms with E-state index in [0.29, 0.717) is 5.56 Å². The molecule has 8 heteroatoms. The summed E-state index contributed by atoms with van der Waals surface area (Å²) in [7, 11) is 1.29. The van der Waals surface area contributed by atoms with E-state index in [4.69, 9.17) is 4.74 Å². The van der Waals surface area contributed by atoms with E-state index < -0.39 is 16.8 Å². The van der Waals surface area contributed by atoms with Crippen LogP contribution in [0, 0.1) is 16.0 Å². The average molecular weight is 371 g/mol. The molecule has 27 heavy (non-hydrogen) atoms. The van der Waals surface area contributed by atoms with Gasteiger partial charge in [-0.3, -0.25) is 24.7 Å². The molecular weight excluding hydrogens is 350 g/mol. The van der Waals surface area contributed by atoms with Gasteiger partial charge in [-0.2, -0.15) is 0 Å². The minimum absolute atomic E-state index is 0.104. The maximum absolute atomic E-state index is 12.9. The number of hydrogen-bond acceptors (Lipinski definition) is 6. The number of benzene rings is 1. The summed E-state index contributed by atoms with van der Waals surface area (Å²) in [4.78, 5) is 40.8. The van der Waals surface area contributed by atoms with Crippen molar-refractivity contribution in [3.63, 3.8) is 0 Å². The normalized spacial score (nSPS) is 11.5. The van der Waals surface area contributed by atoms with Crippen molar-refractivity contribution < 1.29 is 19.2 Å². The molecule has 2 rings (SSSR count). The first kappa shape index (κ1) is 20.0. The van der Waals surface area contributed by atoms with E-state index in [1.165, 1.54) is 18.1 Å². The molecule has 0 radical (unpaired) electrons. The van der Waals surface area contributed by atoms with Crippen LogP contribution in [-0.2, 0) is 27.3 Å². The highest BCUT2D eigenvalue weighted by Crippen LogP contribution is 2.20. The highest BCUT2D eigenvalue weighted by molar-refractivity contribution is 5.81. The topological polar surface area (TPSA) is 103 Å². The summed E-state index contributed by atoms with van der Waals surface area (Å²) in [6.07, 6.45) is 3.12. The van der Waals surface area contributed by atoms with Crippen molar-refractivity contribution in [2.75, 3.05) is 13.7 Å². The van der Waals surface area contributed by atoms with Gasteiger partial charge in [0.05, 0.1) is 24.4 Å². The number of pyridine rings is 1. The summed E-state index contributed by atoms with van der Waals surface area (Å²) in [6, 6.07) is 9.70. The molecule has 142 valence electrons. The number of esters is 1. The zero-order chi connectivity index (χ0) is 19.8. The van der Waals surface area contributed by atoms with Crippen molar-refractivity contribution in [1.29, 1.82) is 0 Å². The number of nitro benzene ring substituents is 1. The summed E-state index contributed by atoms with van der Waals surface area (Å²) in [6.45, 7) is 2.05. The Morgan fingerprint density at radius 2 is 2.00 bits per heavy atom. The number of hydrogen-bond donors (Lipinski definition) is 0. The highest BCUT2D eigenvalue weighted by atomic mass is 16.6. The number of ether oxygens (including phenoxy) is 1. The third-order valence-electron chi connectivity index (χ3n) is 4.08. The van der Waals surface area contributed by atoms with Gasteiger partial charge in [-0.15, -0.1) is 0 Å². The van der Waals surface area contributed by atoms with Crippen molar-refractivity contribution in [1.82, 2.24) is 9.88 Å². The molecule has 0 aliphatic rings. The number of carbonyl (C=O) groups is 2. The lowest BCUT2D eigenvalue weighted by Gasteiger charge is -2.25. The molecule has 0 bridgehead atoms. The molecule has 0 saturated carbocycles. The van der Waals surface area contributed by atoms with E-state index in [2.05, 4.69) is 4.98 Å². The first-order chi connectivity index (χ1) is 12.9. The monoisotopic (exact) mass is 371 g/mol. The molecule has 1 heterocycles. The van der Waals surface area contributed by atoms with Crippen LogP contribution in [-0.4, -0.2) is 40.3 Å². The summed E-state index contributed by atoms with van der Waals surface area (Å²) < 4.78 is 4.73. The first-order valence-electron chi connectivity index (χ1n) is 8.39. The molecule has 1 amide bonds. The summed E-state index contributed by atoms with van der Waals surface area (Å²) >= 11 is 0. The largest absolute Gasteiger partial charge is 0.469 e. The van der Waals surface area contributed by atoms with Gasteiger partial charge in [0.25, 0.3) is 5.69 Å². The van der Waals surface area contributed by atoms with Crippen molar-refractivity contribution >= 4 is 17.6 Å². The van der Waals surface area contributed by atoms with Crippen LogP contribution in [0.15, 0.2) is 48.8 Å². The summed E-state index contributed by atoms with van der Waals surface area (Å²) in [5, 5.41) is 11.2. The average Bonchev–Trinajstić information content (AvgIpc) is 2.67. The van der Waals surface area contributed by atoms with Gasteiger partial charge in [-0.25, -0.2) is 0 Å². The van der Waals surface area contributed by atoms with Gasteiger partial charge in [0, 0.05) is 37.1 Å². The Hall–Kier alpha value is -3.29. The van der Waals surface area contributed by atoms with E-state index in [-0.39, 0.29) is 31.1 Å². The fourth-order valence-electron chi connectivity index (χ4n) is 2.69. The Bertz CT molecular complexity index is 810. The quantitative estimate of drug-likeness (QED) is 0.401. The van der Waals surface area contributed by atoms with Crippen LogP contribution >= 0.6 is 0 Å². The molecule has 0 saturated heterocycles. The van der Waals surface area contributed by atoms with Gasteiger partial charge >= 0.3 is 5.97 Å². The van der Waals surface area contributed by atoms with E-state index in [1.54, 1.807) is 43.6 Å². The molecule has 1 aromatic carbocycles. The van der Waals surface area contributed by atoms with Crippen LogP contribution < -0.4 is 0 Å². The third-order valence-corrected chi connectivity index (χ3v) is 4.08. The number of nitro groups is 1. The Labute approximate surface area is 156 Å². The van der Waals surface area contributed by atoms with Gasteiger partial charge in [0.1, 0.15) is 0 Å². The number of amides is 1. The lowest BCUT2D eigenvalue weighted by molar-refractivity contribution is -0.385. The molecule has 0 spiro atoms. The number of rotatable bonds is 8. The molecule has 1 aromatic heterocycles. The molecule has 1 atom stereocenters. The van der Waals surface area contributed by atoms with E-state index in [0.717, 1.165) is 5.56 Å². The second-order valence-corrected chi connectivity index (χ2v) is 6.12. The smallest absolute Gasteiger partial charge is 0.310 e. The number of methoxy groups -OCH3 is 1. The Balaban J connectivity index is 2.22. The van der Waals surface area contributed by atoms with Crippen LogP contribution in [0.1, 0.15) is 18.1 Å². The minimum Gasteiger partial charge on any atom is -0.469 e. The predicted molar refractivity (Wildman–Crippen MR) is 97.6 cm³/mol. The molecule has 1 unspecified atom stereocenters. The third kappa shape index (κ3) is 5.60. The standard InChI is InChI=1S/C19H21N3O5/c1-14(19(24)27-2)12-21(13-15-6-5-9-20-11-15)18(23)10-16-7-3-4-8-17(16)22(25)26/h3-9,11,14H,10,12-13H2,1-2H3. The van der Waals surface area contributed by atoms with Gasteiger partial charge in [-0.05, 0) is 11.6 Å². The van der Waals surface area contributed by atoms with Gasteiger partial charge in [-0.1, -0.05) is 31.2 Å². The molecule has 0 aliphatic carbocycles. The van der Waals surface area contributed by atoms with E-state index in [1.807, 2.05) is 6.07 Å². The van der Waals surface area contributed by atoms with Crippen molar-refractivity contribution in [3.8, 4) is 0 Å². The fraction of sp³-hybridized carbons (Fsp3) is 0.316. The van der Waals surface area contributed by atoms with E-state index >= 15 is 0 Å². The maximum Gasteiger partial charge on any atom is 0.310 e. The maximum atomic E-state index is 12.9. The molecule has 0 N–H and O–H groups in total. The number of para-hydroxylation sites is 1. The molecule has 8 nitrogen and oxygen atoms in total. The minimum atomic E-state index is -0.526. The summed E-state index contributed by atoms with van der Waals surface area (Å²) in [5.41, 5.74) is 1.02. The Morgan fingerprint density at radius 1 is 1.26 bits per heavy atom. The number of aromatic nitrogens is 1. The van der Waals surface area contributed by atoms with Crippen molar-refractivity contribution in [2.24, 2.45) is 5.92 Å². The van der Waals surface area contributed by atoms with E-state index in [9.17, 15) is 19.7 Å². The van der Waals surface area contributed by atoms with Crippen LogP contribution in [0.25, 0.3) is 0 Å². The number of nitrogens with zero attached hydrogens (tertiary/aromatic N) is 3. The second-order valence-electron chi connectivity index (χ2n) is 6.12. The van der Waals surface area contributed by atoms with Crippen LogP contribution in [0.3, 0.4) is 0 Å². The first-order valence-corrected chi connectivity index (χ1v) is 8.39. The van der Waals surface area contributed by atoms with Crippen LogP contribution in [0.5, 0.6) is 0 Å². The molecular formula is C19H21N3O5. The van der Waals surface area contributed by atoms with Crippen LogP contribution in [0.2, 0.25) is 0 Å². The zero-order valence-electron chi connectivity index (χ0n) is 15.2. The van der Waals surface area contributed by atoms with Gasteiger partial charge in [0.15, 0.2) is 0 Å². The Kier molecular flexibility index (Phi) is 6.99. The molecule has 2 aromatic rings. The van der Waals surface area contributed by atoms with Crippen molar-refractivity contribution in [2.45, 2.75) is 19.9 Å². The SMILES string of the molecule is COC(=O)C(C)CN(Cc1cccnc1)C(=O)Cc1ccccc1[N+](=O)[O-]. The van der Waals surface area contributed by atoms with Gasteiger partial charge < -0.3 is 9.64 Å². The Morgan fingerprint density at radius 3 is 2.63 bits per heavy atom. The predicted octanol–water partition coefficient (Wildman–Crippen LogP) is 2.37. The van der Waals surface area contributed by atoms with Crippen molar-refractivity contribution in [3.05, 3.63) is 70.0 Å². The highest BCUT2D eigenvalue weighted by Gasteiger charge is 2.24. The van der Waals surface area contributed by atoms with Gasteiger partial charge in [0.2, 0.25) is 5.91 Å². The number of carbonyl (C=O) groups excluding carboxylic acids is 2. The summed E-state index contributed by atoms with van der Waals surface area (Å²) in [5.74, 6) is -1.27. The lowest BCUT2D eigenvalue weighted by Crippen LogP contribution is -2.37. The fourth-order valence-corrected chi connectivity index (χ4v) is 2.69. The van der Waals surface area contributed by atoms with Crippen LogP contribution in [0.4, 0.5) is 5.69 Å². The molecule has 0 fully saturated rings. The second kappa shape index (κ2) is 9.42.